The van der Waals surface area contributed by atoms with E-state index in [0.29, 0.717) is 0 Å². The van der Waals surface area contributed by atoms with Gasteiger partial charge in [0, 0.05) is 6.21 Å². The van der Waals surface area contributed by atoms with E-state index in [0.717, 1.165) is 12.8 Å². The molecule has 0 fully saturated rings. The molecule has 80 valence electrons. The highest BCUT2D eigenvalue weighted by atomic mass is 16.3. The number of nitrogens with zero attached hydrogens (tertiary/aromatic N) is 1. The predicted octanol–water partition coefficient (Wildman–Crippen LogP) is 1.91. The number of unbranched alkanes of at least 4 members (excludes halogenated alkanes) is 1. The number of hydrazone groups is 1. The fourth-order valence-electron chi connectivity index (χ4n) is 1.02. The molecule has 0 bridgehead atoms. The molecule has 0 spiro atoms. The van der Waals surface area contributed by atoms with Crippen molar-refractivity contribution >= 4 is 12.1 Å². The van der Waals surface area contributed by atoms with Crippen LogP contribution in [0, 0.1) is 0 Å². The standard InChI is InChI=1S/C11H14N2O2/c1-2-3-8-12-13-11(15)9-6-4-5-7-10(9)14/h4-8,14H,2-3H2,1H3,(H,13,15)/b12-8+. The van der Waals surface area contributed by atoms with Crippen LogP contribution in [0.15, 0.2) is 29.4 Å². The van der Waals surface area contributed by atoms with E-state index in [2.05, 4.69) is 10.5 Å². The quantitative estimate of drug-likeness (QED) is 0.584. The number of rotatable bonds is 4. The molecule has 0 atom stereocenters. The first-order valence-corrected chi connectivity index (χ1v) is 4.85. The predicted molar refractivity (Wildman–Crippen MR) is 59.0 cm³/mol. The molecule has 2 N–H and O–H groups in total. The van der Waals surface area contributed by atoms with E-state index in [1.807, 2.05) is 6.92 Å². The van der Waals surface area contributed by atoms with Crippen molar-refractivity contribution in [2.45, 2.75) is 19.8 Å². The monoisotopic (exact) mass is 206 g/mol. The third kappa shape index (κ3) is 3.42. The number of phenolic OH excluding ortho intramolecular Hbond substituents is 1. The number of nitrogens with one attached hydrogen (secondary N) is 1. The lowest BCUT2D eigenvalue weighted by Crippen LogP contribution is -2.17. The van der Waals surface area contributed by atoms with Crippen molar-refractivity contribution < 1.29 is 9.90 Å². The molecule has 0 radical (unpaired) electrons. The first kappa shape index (κ1) is 11.2. The molecule has 0 aromatic heterocycles. The summed E-state index contributed by atoms with van der Waals surface area (Å²) in [5.74, 6) is -0.443. The van der Waals surface area contributed by atoms with Gasteiger partial charge in [-0.1, -0.05) is 25.5 Å². The zero-order valence-electron chi connectivity index (χ0n) is 8.60. The maximum Gasteiger partial charge on any atom is 0.275 e. The zero-order chi connectivity index (χ0) is 11.1. The number of hydrogen-bond acceptors (Lipinski definition) is 3. The first-order valence-electron chi connectivity index (χ1n) is 4.85. The summed E-state index contributed by atoms with van der Waals surface area (Å²) in [5, 5.41) is 13.1. The lowest BCUT2D eigenvalue weighted by molar-refractivity contribution is 0.0952. The number of carbonyl (C=O) groups excluding carboxylic acids is 1. The molecule has 1 aromatic rings. The number of phenols is 1. The Balaban J connectivity index is 2.58. The van der Waals surface area contributed by atoms with Crippen LogP contribution in [0.5, 0.6) is 5.75 Å². The van der Waals surface area contributed by atoms with Gasteiger partial charge in [0.15, 0.2) is 0 Å². The second kappa shape index (κ2) is 5.80. The molecule has 0 aliphatic carbocycles. The van der Waals surface area contributed by atoms with E-state index in [4.69, 9.17) is 0 Å². The molecular formula is C11H14N2O2. The van der Waals surface area contributed by atoms with E-state index in [9.17, 15) is 9.90 Å². The van der Waals surface area contributed by atoms with Crippen LogP contribution in [-0.4, -0.2) is 17.2 Å². The minimum absolute atomic E-state index is 0.0410. The van der Waals surface area contributed by atoms with Crippen LogP contribution in [0.1, 0.15) is 30.1 Å². The summed E-state index contributed by atoms with van der Waals surface area (Å²) < 4.78 is 0. The summed E-state index contributed by atoms with van der Waals surface area (Å²) in [5.41, 5.74) is 2.57. The molecule has 4 nitrogen and oxygen atoms in total. The Kier molecular flexibility index (Phi) is 4.34. The van der Waals surface area contributed by atoms with Crippen LogP contribution >= 0.6 is 0 Å². The summed E-state index contributed by atoms with van der Waals surface area (Å²) in [6.45, 7) is 2.02. The molecule has 0 aliphatic rings. The van der Waals surface area contributed by atoms with E-state index in [-0.39, 0.29) is 11.3 Å². The van der Waals surface area contributed by atoms with E-state index in [1.54, 1.807) is 24.4 Å². The van der Waals surface area contributed by atoms with Gasteiger partial charge < -0.3 is 5.11 Å². The third-order valence-corrected chi connectivity index (χ3v) is 1.82. The van der Waals surface area contributed by atoms with E-state index in [1.165, 1.54) is 6.07 Å². The Labute approximate surface area is 88.6 Å². The third-order valence-electron chi connectivity index (χ3n) is 1.82. The van der Waals surface area contributed by atoms with E-state index < -0.39 is 5.91 Å². The van der Waals surface area contributed by atoms with Crippen molar-refractivity contribution in [3.8, 4) is 5.75 Å². The summed E-state index contributed by atoms with van der Waals surface area (Å²) >= 11 is 0. The maximum absolute atomic E-state index is 11.4. The average molecular weight is 206 g/mol. The molecule has 15 heavy (non-hydrogen) atoms. The van der Waals surface area contributed by atoms with Gasteiger partial charge in [-0.2, -0.15) is 5.10 Å². The Morgan fingerprint density at radius 3 is 2.93 bits per heavy atom. The van der Waals surface area contributed by atoms with Crippen molar-refractivity contribution in [3.63, 3.8) is 0 Å². The number of benzene rings is 1. The highest BCUT2D eigenvalue weighted by Gasteiger charge is 2.07. The number of para-hydroxylation sites is 1. The van der Waals surface area contributed by atoms with Crippen molar-refractivity contribution in [2.24, 2.45) is 5.10 Å². The van der Waals surface area contributed by atoms with Gasteiger partial charge in [0.2, 0.25) is 0 Å². The van der Waals surface area contributed by atoms with Gasteiger partial charge in [-0.15, -0.1) is 0 Å². The molecule has 1 amide bonds. The van der Waals surface area contributed by atoms with Gasteiger partial charge in [-0.3, -0.25) is 4.79 Å². The molecule has 1 rings (SSSR count). The second-order valence-corrected chi connectivity index (χ2v) is 3.06. The molecule has 0 saturated carbocycles. The molecule has 0 unspecified atom stereocenters. The normalized spacial score (nSPS) is 10.5. The molecule has 0 saturated heterocycles. The van der Waals surface area contributed by atoms with Crippen LogP contribution in [0.25, 0.3) is 0 Å². The van der Waals surface area contributed by atoms with Gasteiger partial charge in [0.25, 0.3) is 5.91 Å². The molecule has 0 heterocycles. The Morgan fingerprint density at radius 2 is 2.27 bits per heavy atom. The smallest absolute Gasteiger partial charge is 0.275 e. The number of carbonyl (C=O) groups is 1. The van der Waals surface area contributed by atoms with Gasteiger partial charge in [-0.25, -0.2) is 5.43 Å². The van der Waals surface area contributed by atoms with Crippen LogP contribution in [0.4, 0.5) is 0 Å². The lowest BCUT2D eigenvalue weighted by atomic mass is 10.2. The number of hydrogen-bond donors (Lipinski definition) is 2. The SMILES string of the molecule is CCC/C=N/NC(=O)c1ccccc1O. The Bertz CT molecular complexity index is 361. The molecule has 1 aromatic carbocycles. The number of aromatic hydroxyl groups is 1. The highest BCUT2D eigenvalue weighted by molar-refractivity contribution is 5.96. The molecular weight excluding hydrogens is 192 g/mol. The van der Waals surface area contributed by atoms with Gasteiger partial charge in [0.1, 0.15) is 5.75 Å². The van der Waals surface area contributed by atoms with Gasteiger partial charge in [0.05, 0.1) is 5.56 Å². The summed E-state index contributed by atoms with van der Waals surface area (Å²) in [4.78, 5) is 11.4. The minimum Gasteiger partial charge on any atom is -0.507 e. The van der Waals surface area contributed by atoms with Crippen LogP contribution in [0.3, 0.4) is 0 Å². The van der Waals surface area contributed by atoms with Crippen LogP contribution < -0.4 is 5.43 Å². The van der Waals surface area contributed by atoms with E-state index >= 15 is 0 Å². The van der Waals surface area contributed by atoms with Gasteiger partial charge in [-0.05, 0) is 18.6 Å². The number of amides is 1. The van der Waals surface area contributed by atoms with Crippen molar-refractivity contribution in [1.82, 2.24) is 5.43 Å². The topological polar surface area (TPSA) is 61.7 Å². The largest absolute Gasteiger partial charge is 0.507 e. The summed E-state index contributed by atoms with van der Waals surface area (Å²) in [6, 6.07) is 6.35. The van der Waals surface area contributed by atoms with Crippen molar-refractivity contribution in [3.05, 3.63) is 29.8 Å². The molecule has 0 aliphatic heterocycles. The second-order valence-electron chi connectivity index (χ2n) is 3.06. The summed E-state index contributed by atoms with van der Waals surface area (Å²) in [7, 11) is 0. The lowest BCUT2D eigenvalue weighted by Gasteiger charge is -2.01. The fourth-order valence-corrected chi connectivity index (χ4v) is 1.02. The summed E-state index contributed by atoms with van der Waals surface area (Å²) in [6.07, 6.45) is 3.44. The zero-order valence-corrected chi connectivity index (χ0v) is 8.60. The Hall–Kier alpha value is -1.84. The fraction of sp³-hybridized carbons (Fsp3) is 0.273. The molecule has 4 heteroatoms. The maximum atomic E-state index is 11.4. The minimum atomic E-state index is -0.402. The first-order chi connectivity index (χ1) is 7.25. The highest BCUT2D eigenvalue weighted by Crippen LogP contribution is 2.14. The van der Waals surface area contributed by atoms with Crippen molar-refractivity contribution in [1.29, 1.82) is 0 Å². The van der Waals surface area contributed by atoms with Gasteiger partial charge >= 0.3 is 0 Å². The average Bonchev–Trinajstić information content (AvgIpc) is 2.25. The van der Waals surface area contributed by atoms with Crippen LogP contribution in [0.2, 0.25) is 0 Å². The van der Waals surface area contributed by atoms with Crippen LogP contribution in [-0.2, 0) is 0 Å². The van der Waals surface area contributed by atoms with Crippen molar-refractivity contribution in [2.75, 3.05) is 0 Å². The Morgan fingerprint density at radius 1 is 1.53 bits per heavy atom.